The van der Waals surface area contributed by atoms with Gasteiger partial charge in [-0.05, 0) is 45.7 Å². The number of carbonyl (C=O) groups excluding carboxylic acids is 2. The Balaban J connectivity index is 1.72. The lowest BCUT2D eigenvalue weighted by atomic mass is 9.80. The fourth-order valence-corrected chi connectivity index (χ4v) is 5.14. The van der Waals surface area contributed by atoms with Crippen LogP contribution in [-0.2, 0) is 16.1 Å². The quantitative estimate of drug-likeness (QED) is 0.664. The van der Waals surface area contributed by atoms with Crippen molar-refractivity contribution in [3.05, 3.63) is 24.3 Å². The van der Waals surface area contributed by atoms with Crippen molar-refractivity contribution in [1.82, 2.24) is 19.8 Å². The molecule has 3 rings (SSSR count). The third kappa shape index (κ3) is 4.60. The molecule has 0 radical (unpaired) electrons. The molecule has 2 aromatic rings. The molecule has 0 atom stereocenters. The number of carbonyl (C=O) groups is 2. The topological polar surface area (TPSA) is 67.2 Å². The number of nitrogens with zero attached hydrogens (tertiary/aromatic N) is 3. The van der Waals surface area contributed by atoms with Gasteiger partial charge in [-0.15, -0.1) is 0 Å². The fraction of sp³-hybridized carbons (Fsp3) is 0.591. The number of aromatic nitrogens is 2. The normalized spacial score (nSPS) is 16.0. The van der Waals surface area contributed by atoms with E-state index in [9.17, 15) is 9.59 Å². The number of fused-ring (bicyclic) bond motifs is 1. The number of imidazole rings is 1. The number of aryl methyl sites for hydroxylation is 1. The predicted molar refractivity (Wildman–Crippen MR) is 118 cm³/mol. The third-order valence-electron chi connectivity index (χ3n) is 5.81. The van der Waals surface area contributed by atoms with Crippen LogP contribution in [0.3, 0.4) is 0 Å². The van der Waals surface area contributed by atoms with Crippen LogP contribution in [0.4, 0.5) is 0 Å². The summed E-state index contributed by atoms with van der Waals surface area (Å²) in [6.45, 7) is 8.20. The maximum atomic E-state index is 13.2. The number of benzene rings is 1. The van der Waals surface area contributed by atoms with Gasteiger partial charge in [0.05, 0.1) is 16.8 Å². The van der Waals surface area contributed by atoms with E-state index in [4.69, 9.17) is 0 Å². The number of para-hydroxylation sites is 2. The van der Waals surface area contributed by atoms with Gasteiger partial charge in [-0.25, -0.2) is 4.98 Å². The zero-order chi connectivity index (χ0) is 20.9. The molecule has 0 saturated heterocycles. The minimum Gasteiger partial charge on any atom is -0.341 e. The van der Waals surface area contributed by atoms with Gasteiger partial charge in [-0.3, -0.25) is 9.59 Å². The molecule has 158 valence electrons. The largest absolute Gasteiger partial charge is 0.341 e. The van der Waals surface area contributed by atoms with Gasteiger partial charge in [0.2, 0.25) is 11.8 Å². The molecule has 0 bridgehead atoms. The second kappa shape index (κ2) is 9.65. The molecule has 0 spiro atoms. The van der Waals surface area contributed by atoms with Crippen LogP contribution in [0, 0.1) is 0 Å². The molecule has 6 nitrogen and oxygen atoms in total. The van der Waals surface area contributed by atoms with Gasteiger partial charge in [0.25, 0.3) is 0 Å². The number of nitrogens with one attached hydrogen (secondary N) is 1. The molecular formula is C22H32N4O2S. The average molecular weight is 417 g/mol. The maximum absolute atomic E-state index is 13.2. The lowest BCUT2D eigenvalue weighted by Gasteiger charge is -2.40. The van der Waals surface area contributed by atoms with Gasteiger partial charge in [-0.1, -0.05) is 43.2 Å². The second-order valence-electron chi connectivity index (χ2n) is 7.58. The summed E-state index contributed by atoms with van der Waals surface area (Å²) in [7, 11) is 0. The van der Waals surface area contributed by atoms with Gasteiger partial charge in [0.1, 0.15) is 5.54 Å². The average Bonchev–Trinajstić information content (AvgIpc) is 3.11. The molecule has 1 heterocycles. The summed E-state index contributed by atoms with van der Waals surface area (Å²) in [5.41, 5.74) is 1.28. The lowest BCUT2D eigenvalue weighted by Crippen LogP contribution is -2.60. The van der Waals surface area contributed by atoms with Crippen molar-refractivity contribution >= 4 is 34.6 Å². The van der Waals surface area contributed by atoms with Crippen LogP contribution in [0.25, 0.3) is 11.0 Å². The summed E-state index contributed by atoms with van der Waals surface area (Å²) in [5, 5.41) is 3.98. The van der Waals surface area contributed by atoms with Crippen LogP contribution < -0.4 is 5.32 Å². The van der Waals surface area contributed by atoms with Crippen molar-refractivity contribution in [2.45, 2.75) is 70.1 Å². The third-order valence-corrected chi connectivity index (χ3v) is 6.79. The second-order valence-corrected chi connectivity index (χ2v) is 8.53. The minimum absolute atomic E-state index is 0.0707. The molecule has 1 fully saturated rings. The summed E-state index contributed by atoms with van der Waals surface area (Å²) in [4.78, 5) is 32.6. The Hall–Kier alpha value is -2.02. The highest BCUT2D eigenvalue weighted by Crippen LogP contribution is 2.31. The predicted octanol–water partition coefficient (Wildman–Crippen LogP) is 3.84. The summed E-state index contributed by atoms with van der Waals surface area (Å²) in [5.74, 6) is 0.241. The summed E-state index contributed by atoms with van der Waals surface area (Å²) >= 11 is 1.44. The molecule has 1 aliphatic rings. The summed E-state index contributed by atoms with van der Waals surface area (Å²) in [6.07, 6.45) is 4.54. The Kier molecular flexibility index (Phi) is 7.22. The molecular weight excluding hydrogens is 384 g/mol. The van der Waals surface area contributed by atoms with Crippen molar-refractivity contribution in [2.24, 2.45) is 0 Å². The Morgan fingerprint density at radius 2 is 1.83 bits per heavy atom. The van der Waals surface area contributed by atoms with Crippen LogP contribution in [0.1, 0.15) is 52.9 Å². The van der Waals surface area contributed by atoms with Gasteiger partial charge < -0.3 is 14.8 Å². The van der Waals surface area contributed by atoms with Crippen LogP contribution in [0.2, 0.25) is 0 Å². The van der Waals surface area contributed by atoms with Crippen LogP contribution in [0.15, 0.2) is 29.4 Å². The van der Waals surface area contributed by atoms with E-state index in [1.165, 1.54) is 11.8 Å². The number of thioether (sulfide) groups is 1. The first-order chi connectivity index (χ1) is 14.0. The number of hydrogen-bond acceptors (Lipinski definition) is 4. The van der Waals surface area contributed by atoms with Crippen molar-refractivity contribution in [3.63, 3.8) is 0 Å². The highest BCUT2D eigenvalue weighted by Gasteiger charge is 2.42. The smallest absolute Gasteiger partial charge is 0.248 e. The Morgan fingerprint density at radius 1 is 1.14 bits per heavy atom. The van der Waals surface area contributed by atoms with Crippen LogP contribution in [0.5, 0.6) is 0 Å². The fourth-order valence-electron chi connectivity index (χ4n) is 4.26. The zero-order valence-corrected chi connectivity index (χ0v) is 18.6. The first-order valence-corrected chi connectivity index (χ1v) is 11.7. The van der Waals surface area contributed by atoms with Gasteiger partial charge >= 0.3 is 0 Å². The van der Waals surface area contributed by atoms with E-state index in [-0.39, 0.29) is 17.6 Å². The Morgan fingerprint density at radius 3 is 2.48 bits per heavy atom. The zero-order valence-electron chi connectivity index (χ0n) is 17.7. The summed E-state index contributed by atoms with van der Waals surface area (Å²) in [6, 6.07) is 8.02. The first-order valence-electron chi connectivity index (χ1n) is 10.7. The molecule has 0 unspecified atom stereocenters. The van der Waals surface area contributed by atoms with E-state index in [1.54, 1.807) is 0 Å². The van der Waals surface area contributed by atoms with E-state index in [1.807, 2.05) is 36.9 Å². The van der Waals surface area contributed by atoms with Gasteiger partial charge in [0, 0.05) is 19.6 Å². The molecule has 2 amide bonds. The first kappa shape index (κ1) is 21.7. The molecule has 1 aromatic carbocycles. The highest BCUT2D eigenvalue weighted by atomic mass is 32.2. The molecule has 29 heavy (non-hydrogen) atoms. The van der Waals surface area contributed by atoms with Gasteiger partial charge in [0.15, 0.2) is 5.16 Å². The maximum Gasteiger partial charge on any atom is 0.248 e. The highest BCUT2D eigenvalue weighted by molar-refractivity contribution is 7.99. The molecule has 1 aromatic heterocycles. The SMILES string of the molecule is CCN(CC)C(=O)C1(NC(=O)CSc2nc3ccccc3n2CC)CCCCC1. The van der Waals surface area contributed by atoms with Crippen molar-refractivity contribution in [3.8, 4) is 0 Å². The van der Waals surface area contributed by atoms with E-state index < -0.39 is 5.54 Å². The Bertz CT molecular complexity index is 854. The standard InChI is InChI=1S/C22H32N4O2S/c1-4-25(5-2)20(28)22(14-10-7-11-15-22)24-19(27)16-29-21-23-17-12-8-9-13-18(17)26(21)6-3/h8-9,12-13H,4-7,10-11,14-16H2,1-3H3,(H,24,27). The number of rotatable bonds is 8. The van der Waals surface area contributed by atoms with Crippen molar-refractivity contribution in [1.29, 1.82) is 0 Å². The molecule has 1 saturated carbocycles. The van der Waals surface area contributed by atoms with Gasteiger partial charge in [-0.2, -0.15) is 0 Å². The van der Waals surface area contributed by atoms with E-state index in [2.05, 4.69) is 27.9 Å². The molecule has 1 N–H and O–H groups in total. The number of amides is 2. The lowest BCUT2D eigenvalue weighted by molar-refractivity contribution is -0.142. The van der Waals surface area contributed by atoms with Crippen LogP contribution in [-0.4, -0.2) is 50.6 Å². The monoisotopic (exact) mass is 416 g/mol. The number of hydrogen-bond donors (Lipinski definition) is 1. The summed E-state index contributed by atoms with van der Waals surface area (Å²) < 4.78 is 2.13. The Labute approximate surface area is 177 Å². The molecule has 1 aliphatic carbocycles. The molecule has 7 heteroatoms. The van der Waals surface area contributed by atoms with Crippen molar-refractivity contribution in [2.75, 3.05) is 18.8 Å². The van der Waals surface area contributed by atoms with Crippen LogP contribution >= 0.6 is 11.8 Å². The molecule has 0 aliphatic heterocycles. The number of likely N-dealkylation sites (N-methyl/N-ethyl adjacent to an activating group) is 1. The van der Waals surface area contributed by atoms with E-state index in [0.29, 0.717) is 13.1 Å². The van der Waals surface area contributed by atoms with E-state index in [0.717, 1.165) is 54.8 Å². The van der Waals surface area contributed by atoms with E-state index >= 15 is 0 Å². The van der Waals surface area contributed by atoms with Crippen molar-refractivity contribution < 1.29 is 9.59 Å². The minimum atomic E-state index is -0.743.